The third kappa shape index (κ3) is 4.60. The highest BCUT2D eigenvalue weighted by atomic mass is 16.3. The minimum absolute atomic E-state index is 0.0369. The maximum Gasteiger partial charge on any atom is 0.113 e. The number of imidazole rings is 1. The number of hydrogen-bond acceptors (Lipinski definition) is 2. The molecular weight excluding hydrogens is 629 g/mol. The molecule has 1 aromatic heterocycles. The van der Waals surface area contributed by atoms with Crippen LogP contribution in [-0.2, 0) is 5.41 Å². The number of nitrogens with zero attached hydrogens (tertiary/aromatic N) is 2. The van der Waals surface area contributed by atoms with Crippen LogP contribution in [0, 0.1) is 6.92 Å². The Hall–Kier alpha value is -3.89. The Balaban J connectivity index is 1.66. The summed E-state index contributed by atoms with van der Waals surface area (Å²) in [5, 5.41) is 8.33. The first-order chi connectivity index (χ1) is 24.9. The molecule has 1 unspecified atom stereocenters. The summed E-state index contributed by atoms with van der Waals surface area (Å²) < 4.78 is 1.89. The van der Waals surface area contributed by atoms with E-state index in [0.29, 0.717) is 72.0 Å². The number of hydrogen-bond donors (Lipinski definition) is 1. The lowest BCUT2D eigenvalue weighted by atomic mass is 9.24. The minimum atomic E-state index is -2.58. The van der Waals surface area contributed by atoms with Crippen molar-refractivity contribution in [3.63, 3.8) is 0 Å². The second kappa shape index (κ2) is 11.8. The van der Waals surface area contributed by atoms with Gasteiger partial charge in [0.15, 0.2) is 0 Å². The summed E-state index contributed by atoms with van der Waals surface area (Å²) in [6, 6.07) is 20.0. The zero-order chi connectivity index (χ0) is 38.3. The molecule has 0 saturated heterocycles. The average molecular weight is 644 g/mol. The lowest BCUT2D eigenvalue weighted by molar-refractivity contribution is 0.138. The molecule has 0 fully saturated rings. The smallest absolute Gasteiger partial charge is 0.113 e. The summed E-state index contributed by atoms with van der Waals surface area (Å²) in [5.41, 5.74) is 3.36. The van der Waals surface area contributed by atoms with Gasteiger partial charge in [-0.25, -0.2) is 4.98 Å². The molecule has 218 valence electrons. The van der Waals surface area contributed by atoms with Crippen molar-refractivity contribution in [2.75, 3.05) is 0 Å². The molecule has 3 nitrogen and oxygen atoms in total. The third-order valence-corrected chi connectivity index (χ3v) is 10.8. The Morgan fingerprint density at radius 1 is 0.585 bits per heavy atom. The lowest BCUT2D eigenvalue weighted by Gasteiger charge is -2.54. The van der Waals surface area contributed by atoms with E-state index >= 15 is 0 Å². The van der Waals surface area contributed by atoms with Crippen LogP contribution in [0.25, 0.3) is 60.5 Å². The Morgan fingerprint density at radius 2 is 1.08 bits per heavy atom. The fraction of sp³-hybridized carbons (Fsp3) is 0.108. The van der Waals surface area contributed by atoms with Crippen molar-refractivity contribution in [3.05, 3.63) is 83.7 Å². The molecule has 0 amide bonds. The van der Waals surface area contributed by atoms with Gasteiger partial charge < -0.3 is 5.11 Å². The molecule has 16 heteroatoms. The van der Waals surface area contributed by atoms with Gasteiger partial charge in [-0.2, -0.15) is 0 Å². The van der Waals surface area contributed by atoms with E-state index in [2.05, 4.69) is 0 Å². The molecule has 6 aromatic carbocycles. The molecule has 1 aliphatic carbocycles. The first-order valence-corrected chi connectivity index (χ1v) is 16.5. The quantitative estimate of drug-likeness (QED) is 0.160. The number of rotatable bonds is 4. The molecule has 26 radical (unpaired) electrons. The van der Waals surface area contributed by atoms with Crippen LogP contribution in [0.3, 0.4) is 0 Å². The predicted octanol–water partition coefficient (Wildman–Crippen LogP) is -3.51. The van der Waals surface area contributed by atoms with Gasteiger partial charge in [0.05, 0.1) is 40.3 Å². The zero-order valence-electron chi connectivity index (χ0n) is 28.7. The summed E-state index contributed by atoms with van der Waals surface area (Å²) in [6.07, 6.45) is 0. The van der Waals surface area contributed by atoms with E-state index in [-0.39, 0.29) is 43.7 Å². The maximum absolute atomic E-state index is 11.6. The molecule has 0 bridgehead atoms. The van der Waals surface area contributed by atoms with Gasteiger partial charge in [0.2, 0.25) is 0 Å². The van der Waals surface area contributed by atoms with E-state index in [1.54, 1.807) is 18.2 Å². The van der Waals surface area contributed by atoms with E-state index in [4.69, 9.17) is 107 Å². The molecule has 53 heavy (non-hydrogen) atoms. The fourth-order valence-corrected chi connectivity index (χ4v) is 8.54. The Bertz CT molecular complexity index is 2670. The van der Waals surface area contributed by atoms with Crippen molar-refractivity contribution in [1.82, 2.24) is 9.55 Å². The minimum Gasteiger partial charge on any atom is -0.408 e. The number of benzene rings is 6. The van der Waals surface area contributed by atoms with Crippen molar-refractivity contribution >= 4 is 178 Å². The monoisotopic (exact) mass is 646 g/mol. The predicted molar refractivity (Wildman–Crippen MR) is 232 cm³/mol. The average Bonchev–Trinajstić information content (AvgIpc) is 3.61. The fourth-order valence-electron chi connectivity index (χ4n) is 8.54. The highest BCUT2D eigenvalue weighted by Crippen LogP contribution is 2.61. The van der Waals surface area contributed by atoms with Gasteiger partial charge in [-0.15, -0.1) is 27.0 Å². The molecule has 1 N–H and O–H groups in total. The van der Waals surface area contributed by atoms with E-state index in [0.717, 1.165) is 5.52 Å². The molecule has 1 aliphatic rings. The van der Waals surface area contributed by atoms with Crippen LogP contribution in [0.4, 0.5) is 0 Å². The lowest BCUT2D eigenvalue weighted by Crippen LogP contribution is -2.60. The largest absolute Gasteiger partial charge is 0.408 e. The van der Waals surface area contributed by atoms with Crippen molar-refractivity contribution in [2.45, 2.75) is 22.9 Å². The summed E-state index contributed by atoms with van der Waals surface area (Å²) >= 11 is 0. The zero-order valence-corrected chi connectivity index (χ0v) is 28.7. The molecule has 8 rings (SSSR count). The Kier molecular flexibility index (Phi) is 8.04. The number of aryl methyl sites for hydroxylation is 1. The van der Waals surface area contributed by atoms with Crippen LogP contribution in [0.15, 0.2) is 66.7 Å². The van der Waals surface area contributed by atoms with Gasteiger partial charge in [0.25, 0.3) is 0 Å². The van der Waals surface area contributed by atoms with Crippen LogP contribution in [0.5, 0.6) is 0 Å². The Labute approximate surface area is 326 Å². The first kappa shape index (κ1) is 36.1. The van der Waals surface area contributed by atoms with E-state index in [1.165, 1.54) is 0 Å². The van der Waals surface area contributed by atoms with Gasteiger partial charge in [0, 0.05) is 5.41 Å². The highest BCUT2D eigenvalue weighted by molar-refractivity contribution is 6.71. The first-order valence-electron chi connectivity index (χ1n) is 16.5. The van der Waals surface area contributed by atoms with Gasteiger partial charge in [-0.3, -0.25) is 4.57 Å². The summed E-state index contributed by atoms with van der Waals surface area (Å²) in [6.45, 7) is 1.84. The standard InChI is InChI=1S/C37H15B13N2O/c1-13-51-19-8-4-5-9-20(19)52(13)34-24-22(26(38)30(42)32(44)28(24)40)21(23-25(34)29(41)33(45)31(43)27(23)39)14-10-11-16-15-6-2-3-7-17(15)35(18(16)12-14,36(46,47)48)37(49,50)53/h2-12,53H,1H3. The van der Waals surface area contributed by atoms with Gasteiger partial charge >= 0.3 is 0 Å². The number of fused-ring (bicyclic) bond motifs is 6. The van der Waals surface area contributed by atoms with Gasteiger partial charge in [-0.1, -0.05) is 70.4 Å². The molecular formula is C37H15B13N2O. The van der Waals surface area contributed by atoms with Crippen LogP contribution >= 0.6 is 0 Å². The van der Waals surface area contributed by atoms with Crippen molar-refractivity contribution in [2.24, 2.45) is 0 Å². The van der Waals surface area contributed by atoms with Crippen LogP contribution < -0.4 is 43.7 Å². The van der Waals surface area contributed by atoms with E-state index < -0.39 is 15.9 Å². The summed E-state index contributed by atoms with van der Waals surface area (Å²) in [5.74, 6) is 0.582. The molecule has 0 aliphatic heterocycles. The number of aliphatic hydroxyl groups is 1. The van der Waals surface area contributed by atoms with E-state index in [9.17, 15) is 5.11 Å². The SMILES string of the molecule is [B]c1c([B])c([B])c2c(-n3c(C)nc4ccccc43)c3c([B])c([B])c([B])c([B])c3c(-c3ccc4c(c3)C(C([B])([B])[B])(C([B])([B])O)c3ccccc3-4)c2c1[B]. The van der Waals surface area contributed by atoms with Crippen molar-refractivity contribution in [1.29, 1.82) is 0 Å². The molecule has 1 heterocycles. The van der Waals surface area contributed by atoms with Crippen molar-refractivity contribution < 1.29 is 5.11 Å². The Morgan fingerprint density at radius 3 is 1.62 bits per heavy atom. The maximum atomic E-state index is 11.6. The molecule has 1 atom stereocenters. The summed E-state index contributed by atoms with van der Waals surface area (Å²) in [4.78, 5) is 4.81. The molecule has 0 spiro atoms. The third-order valence-electron chi connectivity index (χ3n) is 10.8. The van der Waals surface area contributed by atoms with Gasteiger partial charge in [0.1, 0.15) is 84.3 Å². The summed E-state index contributed by atoms with van der Waals surface area (Å²) in [7, 11) is 86.6. The topological polar surface area (TPSA) is 38.0 Å². The number of aromatic nitrogens is 2. The second-order valence-electron chi connectivity index (χ2n) is 13.8. The van der Waals surface area contributed by atoms with Crippen molar-refractivity contribution in [3.8, 4) is 27.9 Å². The number of para-hydroxylation sites is 2. The normalized spacial score (nSPS) is 15.7. The highest BCUT2D eigenvalue weighted by Gasteiger charge is 2.57. The van der Waals surface area contributed by atoms with E-state index in [1.807, 2.05) is 60.0 Å². The van der Waals surface area contributed by atoms with Crippen LogP contribution in [-0.4, -0.2) is 122 Å². The molecule has 7 aromatic rings. The van der Waals surface area contributed by atoms with Crippen LogP contribution in [0.2, 0.25) is 5.11 Å². The van der Waals surface area contributed by atoms with Gasteiger partial charge in [-0.05, 0) is 85.4 Å². The second-order valence-corrected chi connectivity index (χ2v) is 13.8. The van der Waals surface area contributed by atoms with Crippen LogP contribution in [0.1, 0.15) is 17.0 Å². The molecule has 0 saturated carbocycles.